The summed E-state index contributed by atoms with van der Waals surface area (Å²) in [5, 5.41) is 3.26. The minimum atomic E-state index is -4.01. The number of hydrogen-bond acceptors (Lipinski definition) is 6. The highest BCUT2D eigenvalue weighted by Gasteiger charge is 2.31. The Hall–Kier alpha value is -3.70. The number of carbonyl (C=O) groups is 1. The quantitative estimate of drug-likeness (QED) is 0.249. The van der Waals surface area contributed by atoms with Crippen molar-refractivity contribution >= 4 is 33.5 Å². The molecule has 5 rings (SSSR count). The van der Waals surface area contributed by atoms with Gasteiger partial charge in [-0.2, -0.15) is 4.31 Å². The van der Waals surface area contributed by atoms with Crippen molar-refractivity contribution in [2.45, 2.75) is 30.8 Å². The molecule has 1 unspecified atom stereocenters. The van der Waals surface area contributed by atoms with Crippen LogP contribution in [-0.4, -0.2) is 60.6 Å². The number of imidazole rings is 1. The molecular weight excluding hydrogens is 564 g/mol. The Kier molecular flexibility index (Phi) is 9.04. The Bertz CT molecular complexity index is 1590. The van der Waals surface area contributed by atoms with Crippen LogP contribution in [0.4, 0.5) is 5.95 Å². The van der Waals surface area contributed by atoms with Crippen molar-refractivity contribution in [2.24, 2.45) is 0 Å². The number of amides is 1. The smallest absolute Gasteiger partial charge is 0.243 e. The summed E-state index contributed by atoms with van der Waals surface area (Å²) < 4.78 is 41.5. The van der Waals surface area contributed by atoms with Crippen molar-refractivity contribution in [3.63, 3.8) is 0 Å². The first-order valence-corrected chi connectivity index (χ1v) is 15.2. The minimum absolute atomic E-state index is 0.0494. The number of benzene rings is 3. The van der Waals surface area contributed by atoms with Gasteiger partial charge in [0.1, 0.15) is 5.75 Å². The molecule has 41 heavy (non-hydrogen) atoms. The van der Waals surface area contributed by atoms with Gasteiger partial charge in [0.15, 0.2) is 0 Å². The summed E-state index contributed by atoms with van der Waals surface area (Å²) in [6.07, 6.45) is 3.09. The summed E-state index contributed by atoms with van der Waals surface area (Å²) in [5.74, 6) is 0.394. The van der Waals surface area contributed by atoms with Gasteiger partial charge >= 0.3 is 0 Å². The number of nitrogens with zero attached hydrogens (tertiary/aromatic N) is 3. The number of halogens is 1. The first-order chi connectivity index (χ1) is 19.8. The van der Waals surface area contributed by atoms with Crippen molar-refractivity contribution < 1.29 is 22.7 Å². The number of sulfonamides is 1. The zero-order chi connectivity index (χ0) is 28.8. The van der Waals surface area contributed by atoms with Gasteiger partial charge in [-0.1, -0.05) is 48.0 Å². The number of rotatable bonds is 11. The molecule has 1 amide bonds. The van der Waals surface area contributed by atoms with Crippen LogP contribution in [0.2, 0.25) is 5.02 Å². The molecule has 0 bridgehead atoms. The van der Waals surface area contributed by atoms with E-state index in [1.165, 1.54) is 24.3 Å². The molecule has 2 heterocycles. The van der Waals surface area contributed by atoms with E-state index in [1.807, 2.05) is 67.7 Å². The molecule has 3 aromatic carbocycles. The van der Waals surface area contributed by atoms with E-state index in [0.717, 1.165) is 28.4 Å². The highest BCUT2D eigenvalue weighted by molar-refractivity contribution is 7.89. The predicted octanol–water partition coefficient (Wildman–Crippen LogP) is 5.40. The molecule has 1 aliphatic rings. The lowest BCUT2D eigenvalue weighted by Crippen LogP contribution is -2.42. The van der Waals surface area contributed by atoms with Gasteiger partial charge in [-0.25, -0.2) is 13.4 Å². The molecule has 4 aromatic rings. The van der Waals surface area contributed by atoms with E-state index in [2.05, 4.69) is 5.32 Å². The van der Waals surface area contributed by atoms with E-state index in [9.17, 15) is 13.2 Å². The van der Waals surface area contributed by atoms with Crippen LogP contribution in [0.3, 0.4) is 0 Å². The zero-order valence-corrected chi connectivity index (χ0v) is 24.1. The zero-order valence-electron chi connectivity index (χ0n) is 22.6. The maximum atomic E-state index is 13.6. The first-order valence-electron chi connectivity index (χ1n) is 13.4. The van der Waals surface area contributed by atoms with Crippen molar-refractivity contribution in [1.82, 2.24) is 13.9 Å². The number of aromatic nitrogens is 2. The third-order valence-corrected chi connectivity index (χ3v) is 8.71. The summed E-state index contributed by atoms with van der Waals surface area (Å²) >= 11 is 5.98. The molecule has 11 heteroatoms. The molecule has 1 N–H and O–H groups in total. The number of hydrogen-bond donors (Lipinski definition) is 1. The van der Waals surface area contributed by atoms with Gasteiger partial charge in [0.25, 0.3) is 0 Å². The predicted molar refractivity (Wildman–Crippen MR) is 158 cm³/mol. The SMILES string of the molecule is CCOc1cccc(-n2cc(-c3ccccc3)nc2NC(=O)CN(CC2CCCO2)S(=O)(=O)c2ccc(Cl)cc2)c1. The Balaban J connectivity index is 1.45. The van der Waals surface area contributed by atoms with E-state index in [-0.39, 0.29) is 23.5 Å². The molecule has 1 saturated heterocycles. The molecule has 0 saturated carbocycles. The van der Waals surface area contributed by atoms with Crippen molar-refractivity contribution in [3.8, 4) is 22.7 Å². The Morgan fingerprint density at radius 1 is 1.12 bits per heavy atom. The second-order valence-corrected chi connectivity index (χ2v) is 11.9. The lowest BCUT2D eigenvalue weighted by molar-refractivity contribution is -0.116. The van der Waals surface area contributed by atoms with Crippen molar-refractivity contribution in [2.75, 3.05) is 31.6 Å². The van der Waals surface area contributed by atoms with Gasteiger partial charge in [0, 0.05) is 36.0 Å². The van der Waals surface area contributed by atoms with Crippen LogP contribution < -0.4 is 10.1 Å². The van der Waals surface area contributed by atoms with Gasteiger partial charge in [-0.05, 0) is 56.2 Å². The molecule has 0 spiro atoms. The third kappa shape index (κ3) is 6.97. The van der Waals surface area contributed by atoms with Crippen LogP contribution in [0.15, 0.2) is 90.0 Å². The molecule has 1 fully saturated rings. The molecule has 1 aliphatic heterocycles. The van der Waals surface area contributed by atoms with Crippen LogP contribution in [-0.2, 0) is 19.6 Å². The highest BCUT2D eigenvalue weighted by Crippen LogP contribution is 2.27. The van der Waals surface area contributed by atoms with Crippen LogP contribution in [0, 0.1) is 0 Å². The summed E-state index contributed by atoms with van der Waals surface area (Å²) in [4.78, 5) is 18.2. The second-order valence-electron chi connectivity index (χ2n) is 9.55. The Labute approximate surface area is 244 Å². The van der Waals surface area contributed by atoms with E-state index >= 15 is 0 Å². The van der Waals surface area contributed by atoms with Gasteiger partial charge in [-0.3, -0.25) is 14.7 Å². The normalized spacial score (nSPS) is 15.2. The van der Waals surface area contributed by atoms with Gasteiger partial charge in [-0.15, -0.1) is 0 Å². The molecule has 214 valence electrons. The largest absolute Gasteiger partial charge is 0.494 e. The molecule has 9 nitrogen and oxygen atoms in total. The summed E-state index contributed by atoms with van der Waals surface area (Å²) in [6, 6.07) is 22.9. The van der Waals surface area contributed by atoms with E-state index in [1.54, 1.807) is 4.57 Å². The van der Waals surface area contributed by atoms with Crippen molar-refractivity contribution in [1.29, 1.82) is 0 Å². The average molecular weight is 595 g/mol. The van der Waals surface area contributed by atoms with Gasteiger partial charge < -0.3 is 9.47 Å². The monoisotopic (exact) mass is 594 g/mol. The van der Waals surface area contributed by atoms with Crippen LogP contribution in [0.5, 0.6) is 5.75 Å². The van der Waals surface area contributed by atoms with Crippen LogP contribution in [0.25, 0.3) is 16.9 Å². The fourth-order valence-corrected chi connectivity index (χ4v) is 6.20. The van der Waals surface area contributed by atoms with E-state index in [0.29, 0.717) is 29.7 Å². The Morgan fingerprint density at radius 2 is 1.90 bits per heavy atom. The highest BCUT2D eigenvalue weighted by atomic mass is 35.5. The number of anilines is 1. The number of carbonyl (C=O) groups excluding carboxylic acids is 1. The molecule has 0 radical (unpaired) electrons. The Morgan fingerprint density at radius 3 is 2.61 bits per heavy atom. The van der Waals surface area contributed by atoms with Gasteiger partial charge in [0.05, 0.1) is 35.5 Å². The minimum Gasteiger partial charge on any atom is -0.494 e. The van der Waals surface area contributed by atoms with Crippen LogP contribution >= 0.6 is 11.6 Å². The maximum Gasteiger partial charge on any atom is 0.243 e. The number of nitrogens with one attached hydrogen (secondary N) is 1. The fourth-order valence-electron chi connectivity index (χ4n) is 4.65. The first kappa shape index (κ1) is 28.8. The lowest BCUT2D eigenvalue weighted by atomic mass is 10.2. The summed E-state index contributed by atoms with van der Waals surface area (Å²) in [7, 11) is -4.01. The molecule has 1 aromatic heterocycles. The molecular formula is C30H31ClN4O5S. The lowest BCUT2D eigenvalue weighted by Gasteiger charge is -2.24. The average Bonchev–Trinajstić information content (AvgIpc) is 3.64. The second kappa shape index (κ2) is 12.9. The van der Waals surface area contributed by atoms with Gasteiger partial charge in [0.2, 0.25) is 21.9 Å². The fraction of sp³-hybridized carbons (Fsp3) is 0.267. The molecule has 0 aliphatic carbocycles. The van der Waals surface area contributed by atoms with E-state index in [4.69, 9.17) is 26.1 Å². The summed E-state index contributed by atoms with van der Waals surface area (Å²) in [5.41, 5.74) is 2.24. The standard InChI is InChI=1S/C30H31ClN4O5S/c1-2-39-25-11-6-10-24(18-25)35-20-28(22-8-4-3-5-9-22)32-30(35)33-29(36)21-34(19-26-12-7-17-40-26)41(37,38)27-15-13-23(31)14-16-27/h3-6,8-11,13-16,18,20,26H,2,7,12,17,19,21H2,1H3,(H,32,33,36). The topological polar surface area (TPSA) is 103 Å². The maximum absolute atomic E-state index is 13.6. The van der Waals surface area contributed by atoms with Crippen LogP contribution in [0.1, 0.15) is 19.8 Å². The number of ether oxygens (including phenoxy) is 2. The third-order valence-electron chi connectivity index (χ3n) is 6.64. The molecule has 1 atom stereocenters. The summed E-state index contributed by atoms with van der Waals surface area (Å²) in [6.45, 7) is 2.61. The van der Waals surface area contributed by atoms with E-state index < -0.39 is 22.5 Å². The van der Waals surface area contributed by atoms with Crippen molar-refractivity contribution in [3.05, 3.63) is 90.1 Å².